The van der Waals surface area contributed by atoms with Crippen LogP contribution in [0.25, 0.3) is 0 Å². The quantitative estimate of drug-likeness (QED) is 0.830. The fourth-order valence-corrected chi connectivity index (χ4v) is 2.09. The standard InChI is InChI=1S/C9H15N3OS/c1-7-11-12-8(14-7)10-5-9(2)3-4-13-6-9/h3-6H2,1-2H3,(H,10,12). The predicted molar refractivity (Wildman–Crippen MR) is 56.7 cm³/mol. The molecule has 0 radical (unpaired) electrons. The van der Waals surface area contributed by atoms with Crippen molar-refractivity contribution in [3.63, 3.8) is 0 Å². The van der Waals surface area contributed by atoms with Crippen LogP contribution in [0, 0.1) is 12.3 Å². The fraction of sp³-hybridized carbons (Fsp3) is 0.778. The summed E-state index contributed by atoms with van der Waals surface area (Å²) in [6, 6.07) is 0. The highest BCUT2D eigenvalue weighted by Gasteiger charge is 2.29. The van der Waals surface area contributed by atoms with Gasteiger partial charge < -0.3 is 10.1 Å². The average Bonchev–Trinajstić information content (AvgIpc) is 2.73. The van der Waals surface area contributed by atoms with Crippen LogP contribution in [0.1, 0.15) is 18.4 Å². The maximum Gasteiger partial charge on any atom is 0.205 e. The van der Waals surface area contributed by atoms with Gasteiger partial charge in [-0.1, -0.05) is 18.3 Å². The highest BCUT2D eigenvalue weighted by atomic mass is 32.1. The van der Waals surface area contributed by atoms with Crippen molar-refractivity contribution in [2.45, 2.75) is 20.3 Å². The lowest BCUT2D eigenvalue weighted by Gasteiger charge is -2.21. The van der Waals surface area contributed by atoms with Crippen molar-refractivity contribution < 1.29 is 4.74 Å². The van der Waals surface area contributed by atoms with Gasteiger partial charge in [0.1, 0.15) is 5.01 Å². The van der Waals surface area contributed by atoms with Gasteiger partial charge in [0, 0.05) is 18.6 Å². The van der Waals surface area contributed by atoms with Gasteiger partial charge in [0.05, 0.1) is 6.61 Å². The lowest BCUT2D eigenvalue weighted by molar-refractivity contribution is 0.164. The Bertz CT molecular complexity index is 307. The van der Waals surface area contributed by atoms with E-state index >= 15 is 0 Å². The first-order valence-electron chi connectivity index (χ1n) is 4.80. The number of anilines is 1. The van der Waals surface area contributed by atoms with Crippen LogP contribution in [-0.2, 0) is 4.74 Å². The van der Waals surface area contributed by atoms with Crippen LogP contribution in [0.5, 0.6) is 0 Å². The molecule has 2 rings (SSSR count). The maximum atomic E-state index is 5.38. The number of hydrogen-bond donors (Lipinski definition) is 1. The number of ether oxygens (including phenoxy) is 1. The Balaban J connectivity index is 1.87. The second kappa shape index (κ2) is 3.82. The Morgan fingerprint density at radius 1 is 1.57 bits per heavy atom. The van der Waals surface area contributed by atoms with Gasteiger partial charge in [0.15, 0.2) is 0 Å². The summed E-state index contributed by atoms with van der Waals surface area (Å²) in [7, 11) is 0. The van der Waals surface area contributed by atoms with Gasteiger partial charge in [-0.2, -0.15) is 0 Å². The van der Waals surface area contributed by atoms with Crippen LogP contribution >= 0.6 is 11.3 Å². The van der Waals surface area contributed by atoms with Crippen LogP contribution in [0.2, 0.25) is 0 Å². The Hall–Kier alpha value is -0.680. The van der Waals surface area contributed by atoms with Crippen molar-refractivity contribution >= 4 is 16.5 Å². The molecular weight excluding hydrogens is 198 g/mol. The molecule has 0 bridgehead atoms. The van der Waals surface area contributed by atoms with E-state index in [0.717, 1.165) is 36.3 Å². The topological polar surface area (TPSA) is 47.0 Å². The fourth-order valence-electron chi connectivity index (χ4n) is 1.51. The van der Waals surface area contributed by atoms with E-state index < -0.39 is 0 Å². The second-order valence-corrected chi connectivity index (χ2v) is 5.27. The summed E-state index contributed by atoms with van der Waals surface area (Å²) in [5.74, 6) is 0. The summed E-state index contributed by atoms with van der Waals surface area (Å²) in [6.07, 6.45) is 1.12. The maximum absolute atomic E-state index is 5.38. The summed E-state index contributed by atoms with van der Waals surface area (Å²) >= 11 is 1.60. The molecule has 1 aromatic heterocycles. The van der Waals surface area contributed by atoms with Crippen molar-refractivity contribution in [1.29, 1.82) is 0 Å². The lowest BCUT2D eigenvalue weighted by Crippen LogP contribution is -2.26. The summed E-state index contributed by atoms with van der Waals surface area (Å²) in [5.41, 5.74) is 0.263. The third-order valence-corrected chi connectivity index (χ3v) is 3.29. The van der Waals surface area contributed by atoms with E-state index in [-0.39, 0.29) is 5.41 Å². The minimum atomic E-state index is 0.263. The van der Waals surface area contributed by atoms with Crippen molar-refractivity contribution in [2.75, 3.05) is 25.1 Å². The zero-order chi connectivity index (χ0) is 10.0. The third-order valence-electron chi connectivity index (χ3n) is 2.49. The van der Waals surface area contributed by atoms with E-state index in [1.165, 1.54) is 0 Å². The van der Waals surface area contributed by atoms with Crippen LogP contribution < -0.4 is 5.32 Å². The SMILES string of the molecule is Cc1nnc(NCC2(C)CCOC2)s1. The van der Waals surface area contributed by atoms with Gasteiger partial charge >= 0.3 is 0 Å². The Morgan fingerprint density at radius 2 is 2.43 bits per heavy atom. The van der Waals surface area contributed by atoms with Crippen molar-refractivity contribution in [1.82, 2.24) is 10.2 Å². The van der Waals surface area contributed by atoms with Gasteiger partial charge in [-0.3, -0.25) is 0 Å². The van der Waals surface area contributed by atoms with Gasteiger partial charge in [-0.05, 0) is 13.3 Å². The van der Waals surface area contributed by atoms with Crippen molar-refractivity contribution in [2.24, 2.45) is 5.41 Å². The van der Waals surface area contributed by atoms with Crippen LogP contribution in [-0.4, -0.2) is 30.0 Å². The van der Waals surface area contributed by atoms with Crippen molar-refractivity contribution in [3.05, 3.63) is 5.01 Å². The number of nitrogens with one attached hydrogen (secondary N) is 1. The zero-order valence-corrected chi connectivity index (χ0v) is 9.36. The summed E-state index contributed by atoms with van der Waals surface area (Å²) in [4.78, 5) is 0. The van der Waals surface area contributed by atoms with Crippen LogP contribution in [0.15, 0.2) is 0 Å². The molecule has 1 unspecified atom stereocenters. The number of aryl methyl sites for hydroxylation is 1. The summed E-state index contributed by atoms with van der Waals surface area (Å²) in [6.45, 7) is 6.84. The molecule has 4 nitrogen and oxygen atoms in total. The molecule has 0 amide bonds. The molecule has 2 heterocycles. The number of nitrogens with zero attached hydrogens (tertiary/aromatic N) is 2. The molecule has 1 aliphatic heterocycles. The minimum absolute atomic E-state index is 0.263. The molecule has 1 aliphatic rings. The molecule has 1 atom stereocenters. The molecule has 1 N–H and O–H groups in total. The first kappa shape index (κ1) is 9.86. The molecule has 1 fully saturated rings. The Morgan fingerprint density at radius 3 is 3.00 bits per heavy atom. The highest BCUT2D eigenvalue weighted by Crippen LogP contribution is 2.28. The zero-order valence-electron chi connectivity index (χ0n) is 8.54. The molecule has 5 heteroatoms. The van der Waals surface area contributed by atoms with E-state index in [0.29, 0.717) is 0 Å². The molecule has 1 aromatic rings. The Labute approximate surface area is 87.7 Å². The van der Waals surface area contributed by atoms with Crippen LogP contribution in [0.3, 0.4) is 0 Å². The molecule has 0 saturated carbocycles. The van der Waals surface area contributed by atoms with Crippen LogP contribution in [0.4, 0.5) is 5.13 Å². The van der Waals surface area contributed by atoms with E-state index in [1.54, 1.807) is 11.3 Å². The smallest absolute Gasteiger partial charge is 0.205 e. The largest absolute Gasteiger partial charge is 0.381 e. The molecule has 0 aromatic carbocycles. The van der Waals surface area contributed by atoms with E-state index in [2.05, 4.69) is 22.4 Å². The number of hydrogen-bond acceptors (Lipinski definition) is 5. The van der Waals surface area contributed by atoms with Gasteiger partial charge in [-0.25, -0.2) is 0 Å². The molecule has 0 aliphatic carbocycles. The predicted octanol–water partition coefficient (Wildman–Crippen LogP) is 1.69. The lowest BCUT2D eigenvalue weighted by atomic mass is 9.90. The minimum Gasteiger partial charge on any atom is -0.381 e. The van der Waals surface area contributed by atoms with Crippen molar-refractivity contribution in [3.8, 4) is 0 Å². The molecular formula is C9H15N3OS. The summed E-state index contributed by atoms with van der Waals surface area (Å²) < 4.78 is 5.38. The molecule has 0 spiro atoms. The van der Waals surface area contributed by atoms with Gasteiger partial charge in [-0.15, -0.1) is 10.2 Å². The number of aromatic nitrogens is 2. The second-order valence-electron chi connectivity index (χ2n) is 4.09. The van der Waals surface area contributed by atoms with Gasteiger partial charge in [0.25, 0.3) is 0 Å². The normalized spacial score (nSPS) is 26.7. The molecule has 1 saturated heterocycles. The van der Waals surface area contributed by atoms with E-state index in [9.17, 15) is 0 Å². The highest BCUT2D eigenvalue weighted by molar-refractivity contribution is 7.15. The summed E-state index contributed by atoms with van der Waals surface area (Å²) in [5, 5.41) is 13.2. The molecule has 14 heavy (non-hydrogen) atoms. The average molecular weight is 213 g/mol. The Kier molecular flexibility index (Phi) is 2.69. The molecule has 78 valence electrons. The number of rotatable bonds is 3. The first-order chi connectivity index (χ1) is 6.68. The third kappa shape index (κ3) is 2.22. The van der Waals surface area contributed by atoms with E-state index in [4.69, 9.17) is 4.74 Å². The van der Waals surface area contributed by atoms with E-state index in [1.807, 2.05) is 6.92 Å². The first-order valence-corrected chi connectivity index (χ1v) is 5.61. The monoisotopic (exact) mass is 213 g/mol. The van der Waals surface area contributed by atoms with Gasteiger partial charge in [0.2, 0.25) is 5.13 Å².